The number of urea groups is 1. The molecular formula is C21H20N4O2. The molecule has 3 heterocycles. The van der Waals surface area contributed by atoms with Crippen LogP contribution in [0.25, 0.3) is 4.85 Å². The number of amides is 3. The Morgan fingerprint density at radius 2 is 1.81 bits per heavy atom. The number of carbonyl (C=O) groups is 2. The SMILES string of the molecule is [C-]#[N+]c1ccc(CC23CCCN2C(=O)N(c2cc(C)nc(C)c2)C3=O)cc1. The number of pyridine rings is 1. The van der Waals surface area contributed by atoms with Gasteiger partial charge >= 0.3 is 6.03 Å². The molecule has 3 amide bonds. The average molecular weight is 360 g/mol. The molecule has 0 saturated carbocycles. The van der Waals surface area contributed by atoms with E-state index in [1.165, 1.54) is 4.90 Å². The monoisotopic (exact) mass is 360 g/mol. The van der Waals surface area contributed by atoms with E-state index in [1.54, 1.807) is 29.2 Å². The van der Waals surface area contributed by atoms with Gasteiger partial charge < -0.3 is 4.90 Å². The van der Waals surface area contributed by atoms with Crippen LogP contribution >= 0.6 is 0 Å². The average Bonchev–Trinajstić information content (AvgIpc) is 3.13. The number of anilines is 1. The highest BCUT2D eigenvalue weighted by Crippen LogP contribution is 2.42. The number of fused-ring (bicyclic) bond motifs is 1. The molecule has 0 aliphatic carbocycles. The van der Waals surface area contributed by atoms with Gasteiger partial charge in [0, 0.05) is 24.4 Å². The van der Waals surface area contributed by atoms with E-state index in [0.717, 1.165) is 23.4 Å². The number of carbonyl (C=O) groups excluding carboxylic acids is 2. The first-order valence-corrected chi connectivity index (χ1v) is 9.02. The molecule has 1 aromatic heterocycles. The van der Waals surface area contributed by atoms with Gasteiger partial charge in [-0.15, -0.1) is 0 Å². The fourth-order valence-electron chi connectivity index (χ4n) is 4.25. The summed E-state index contributed by atoms with van der Waals surface area (Å²) in [5, 5.41) is 0. The van der Waals surface area contributed by atoms with Crippen molar-refractivity contribution in [3.05, 3.63) is 64.8 Å². The zero-order chi connectivity index (χ0) is 19.2. The van der Waals surface area contributed by atoms with Crippen molar-refractivity contribution in [3.63, 3.8) is 0 Å². The third-order valence-corrected chi connectivity index (χ3v) is 5.40. The van der Waals surface area contributed by atoms with Gasteiger partial charge in [-0.25, -0.2) is 14.5 Å². The van der Waals surface area contributed by atoms with Crippen LogP contribution in [0.5, 0.6) is 0 Å². The molecule has 27 heavy (non-hydrogen) atoms. The quantitative estimate of drug-likeness (QED) is 0.618. The van der Waals surface area contributed by atoms with Crippen LogP contribution < -0.4 is 4.90 Å². The summed E-state index contributed by atoms with van der Waals surface area (Å²) in [6.07, 6.45) is 1.94. The minimum absolute atomic E-state index is 0.163. The molecule has 2 fully saturated rings. The van der Waals surface area contributed by atoms with Gasteiger partial charge in [-0.2, -0.15) is 0 Å². The van der Waals surface area contributed by atoms with Crippen LogP contribution in [0.1, 0.15) is 29.8 Å². The molecule has 0 spiro atoms. The molecule has 136 valence electrons. The lowest BCUT2D eigenvalue weighted by molar-refractivity contribution is -0.123. The number of nitrogens with zero attached hydrogens (tertiary/aromatic N) is 4. The van der Waals surface area contributed by atoms with Gasteiger partial charge in [-0.05, 0) is 44.4 Å². The van der Waals surface area contributed by atoms with E-state index in [4.69, 9.17) is 6.57 Å². The molecular weight excluding hydrogens is 340 g/mol. The predicted molar refractivity (Wildman–Crippen MR) is 102 cm³/mol. The first-order valence-electron chi connectivity index (χ1n) is 9.02. The van der Waals surface area contributed by atoms with Crippen molar-refractivity contribution in [2.45, 2.75) is 38.6 Å². The second kappa shape index (κ2) is 6.20. The summed E-state index contributed by atoms with van der Waals surface area (Å²) in [6, 6.07) is 10.6. The first-order chi connectivity index (χ1) is 12.9. The molecule has 6 heteroatoms. The smallest absolute Gasteiger partial charge is 0.309 e. The fraction of sp³-hybridized carbons (Fsp3) is 0.333. The molecule has 2 aliphatic rings. The molecule has 0 radical (unpaired) electrons. The summed E-state index contributed by atoms with van der Waals surface area (Å²) < 4.78 is 0. The van der Waals surface area contributed by atoms with E-state index in [2.05, 4.69) is 9.83 Å². The zero-order valence-corrected chi connectivity index (χ0v) is 15.4. The van der Waals surface area contributed by atoms with E-state index in [-0.39, 0.29) is 11.9 Å². The molecule has 4 rings (SSSR count). The van der Waals surface area contributed by atoms with Gasteiger partial charge in [0.1, 0.15) is 5.54 Å². The Bertz CT molecular complexity index is 956. The fourth-order valence-corrected chi connectivity index (χ4v) is 4.25. The van der Waals surface area contributed by atoms with Gasteiger partial charge in [0.15, 0.2) is 5.69 Å². The van der Waals surface area contributed by atoms with Crippen molar-refractivity contribution in [2.75, 3.05) is 11.4 Å². The lowest BCUT2D eigenvalue weighted by atomic mass is 9.88. The normalized spacial score (nSPS) is 21.5. The van der Waals surface area contributed by atoms with Crippen molar-refractivity contribution in [3.8, 4) is 0 Å². The Labute approximate surface area is 158 Å². The highest BCUT2D eigenvalue weighted by molar-refractivity contribution is 6.23. The maximum Gasteiger partial charge on any atom is 0.332 e. The summed E-state index contributed by atoms with van der Waals surface area (Å²) in [5.41, 5.74) is 2.84. The maximum atomic E-state index is 13.5. The summed E-state index contributed by atoms with van der Waals surface area (Å²) in [6.45, 7) is 11.4. The van der Waals surface area contributed by atoms with Crippen LogP contribution in [0, 0.1) is 20.4 Å². The van der Waals surface area contributed by atoms with Crippen LogP contribution in [-0.2, 0) is 11.2 Å². The number of hydrogen-bond acceptors (Lipinski definition) is 3. The number of rotatable bonds is 3. The number of aryl methyl sites for hydroxylation is 2. The topological polar surface area (TPSA) is 57.9 Å². The molecule has 2 aliphatic heterocycles. The molecule has 2 saturated heterocycles. The summed E-state index contributed by atoms with van der Waals surface area (Å²) in [5.74, 6) is -0.163. The molecule has 1 unspecified atom stereocenters. The van der Waals surface area contributed by atoms with E-state index >= 15 is 0 Å². The lowest BCUT2D eigenvalue weighted by Crippen LogP contribution is -2.47. The summed E-state index contributed by atoms with van der Waals surface area (Å²) >= 11 is 0. The lowest BCUT2D eigenvalue weighted by Gasteiger charge is -2.28. The number of hydrogen-bond donors (Lipinski definition) is 0. The second-order valence-corrected chi connectivity index (χ2v) is 7.27. The van der Waals surface area contributed by atoms with Gasteiger partial charge in [-0.3, -0.25) is 9.78 Å². The molecule has 1 atom stereocenters. The number of aromatic nitrogens is 1. The number of imide groups is 1. The van der Waals surface area contributed by atoms with Crippen molar-refractivity contribution in [2.24, 2.45) is 0 Å². The van der Waals surface area contributed by atoms with Crippen LogP contribution in [-0.4, -0.2) is 33.9 Å². The van der Waals surface area contributed by atoms with Gasteiger partial charge in [0.2, 0.25) is 0 Å². The molecule has 0 N–H and O–H groups in total. The van der Waals surface area contributed by atoms with Crippen molar-refractivity contribution < 1.29 is 9.59 Å². The van der Waals surface area contributed by atoms with Crippen LogP contribution in [0.15, 0.2) is 36.4 Å². The Morgan fingerprint density at radius 3 is 2.44 bits per heavy atom. The summed E-state index contributed by atoms with van der Waals surface area (Å²) in [7, 11) is 0. The molecule has 2 aromatic rings. The van der Waals surface area contributed by atoms with Crippen molar-refractivity contribution in [1.29, 1.82) is 0 Å². The highest BCUT2D eigenvalue weighted by Gasteiger charge is 2.59. The Hall–Kier alpha value is -3.20. The summed E-state index contributed by atoms with van der Waals surface area (Å²) in [4.78, 5) is 37.3. The largest absolute Gasteiger partial charge is 0.332 e. The second-order valence-electron chi connectivity index (χ2n) is 7.27. The Morgan fingerprint density at radius 1 is 1.15 bits per heavy atom. The Kier molecular flexibility index (Phi) is 3.96. The Balaban J connectivity index is 1.72. The molecule has 0 bridgehead atoms. The first kappa shape index (κ1) is 17.2. The van der Waals surface area contributed by atoms with Gasteiger partial charge in [-0.1, -0.05) is 24.3 Å². The minimum atomic E-state index is -0.832. The van der Waals surface area contributed by atoms with E-state index in [1.807, 2.05) is 26.0 Å². The van der Waals surface area contributed by atoms with Crippen molar-refractivity contribution in [1.82, 2.24) is 9.88 Å². The van der Waals surface area contributed by atoms with Crippen LogP contribution in [0.2, 0.25) is 0 Å². The third kappa shape index (κ3) is 2.67. The predicted octanol–water partition coefficient (Wildman–Crippen LogP) is 3.79. The standard InChI is InChI=1S/C21H20N4O2/c1-14-11-18(12-15(2)23-14)25-19(26)21(9-4-10-24(21)20(25)27)13-16-5-7-17(22-3)8-6-16/h5-8,11-12H,4,9-10,13H2,1-2H3. The molecule has 6 nitrogen and oxygen atoms in total. The van der Waals surface area contributed by atoms with Crippen molar-refractivity contribution >= 4 is 23.3 Å². The van der Waals surface area contributed by atoms with Gasteiger partial charge in [0.05, 0.1) is 12.3 Å². The highest BCUT2D eigenvalue weighted by atomic mass is 16.2. The zero-order valence-electron chi connectivity index (χ0n) is 15.4. The molecule has 1 aromatic carbocycles. The van der Waals surface area contributed by atoms with Crippen LogP contribution in [0.4, 0.5) is 16.2 Å². The number of benzene rings is 1. The van der Waals surface area contributed by atoms with Gasteiger partial charge in [0.25, 0.3) is 5.91 Å². The third-order valence-electron chi connectivity index (χ3n) is 5.40. The minimum Gasteiger partial charge on any atom is -0.309 e. The van der Waals surface area contributed by atoms with E-state index in [9.17, 15) is 9.59 Å². The van der Waals surface area contributed by atoms with E-state index in [0.29, 0.717) is 30.8 Å². The van der Waals surface area contributed by atoms with Crippen LogP contribution in [0.3, 0.4) is 0 Å². The van der Waals surface area contributed by atoms with E-state index < -0.39 is 5.54 Å². The maximum absolute atomic E-state index is 13.5.